The molecule has 0 spiro atoms. The first-order valence-corrected chi connectivity index (χ1v) is 16.2. The van der Waals surface area contributed by atoms with Gasteiger partial charge in [0.2, 0.25) is 5.75 Å². The van der Waals surface area contributed by atoms with Gasteiger partial charge < -0.3 is 25.0 Å². The number of hydrogen-bond acceptors (Lipinski definition) is 8. The number of aromatic nitrogens is 3. The van der Waals surface area contributed by atoms with Crippen molar-refractivity contribution in [3.8, 4) is 17.1 Å². The van der Waals surface area contributed by atoms with Crippen LogP contribution in [0.2, 0.25) is 0 Å². The lowest BCUT2D eigenvalue weighted by Crippen LogP contribution is -2.55. The quantitative estimate of drug-likeness (QED) is 0.207. The van der Waals surface area contributed by atoms with Gasteiger partial charge in [-0.1, -0.05) is 19.9 Å². The first kappa shape index (κ1) is 34.8. The largest absolute Gasteiger partial charge is 0.486 e. The number of nitrogens with two attached hydrogens (primary N) is 1. The molecule has 5 heterocycles. The number of amides is 1. The zero-order valence-corrected chi connectivity index (χ0v) is 28.5. The van der Waals surface area contributed by atoms with Gasteiger partial charge >= 0.3 is 12.3 Å². The number of carbonyl (C=O) groups is 1. The summed E-state index contributed by atoms with van der Waals surface area (Å²) in [4.78, 5) is 50.3. The summed E-state index contributed by atoms with van der Waals surface area (Å²) in [6.45, 7) is 10.9. The molecular formula is C35H38F4N6O5. The molecule has 2 N–H and O–H groups in total. The van der Waals surface area contributed by atoms with Gasteiger partial charge in [-0.15, -0.1) is 0 Å². The Labute approximate surface area is 284 Å². The van der Waals surface area contributed by atoms with Crippen molar-refractivity contribution < 1.29 is 31.8 Å². The minimum Gasteiger partial charge on any atom is -0.486 e. The summed E-state index contributed by atoms with van der Waals surface area (Å²) < 4.78 is 73.5. The number of hydrogen-bond donors (Lipinski definition) is 1. The standard InChI is InChI=1S/C35H38F4N6O5/c1-18(2)25-26(19(3)10-12-41-25)45-28-21(16-24(35(37,38)39)44(31(28)46)29-22(36)8-7-9-23(29)40)27-30(32(45)47)49-15-11-20-17-42(13-14-43(20)27)33(48)50-34(4,5)6/h7-10,12,16,18,20H,11,13-15,17,40H2,1-6H3/t20-/m0/s1. The number of rotatable bonds is 3. The van der Waals surface area contributed by atoms with Crippen molar-refractivity contribution in [1.29, 1.82) is 0 Å². The van der Waals surface area contributed by atoms with Gasteiger partial charge in [0.25, 0.3) is 11.1 Å². The van der Waals surface area contributed by atoms with Crippen LogP contribution in [0.4, 0.5) is 33.7 Å². The average Bonchev–Trinajstić information content (AvgIpc) is 3.21. The molecule has 3 aromatic heterocycles. The highest BCUT2D eigenvalue weighted by Crippen LogP contribution is 2.42. The van der Waals surface area contributed by atoms with E-state index in [4.69, 9.17) is 15.2 Å². The molecule has 2 aliphatic rings. The number of halogens is 4. The minimum absolute atomic E-state index is 0.00488. The van der Waals surface area contributed by atoms with Gasteiger partial charge in [-0.25, -0.2) is 9.18 Å². The molecule has 0 saturated carbocycles. The monoisotopic (exact) mass is 698 g/mol. The van der Waals surface area contributed by atoms with Crippen LogP contribution in [0.25, 0.3) is 22.3 Å². The van der Waals surface area contributed by atoms with Crippen LogP contribution in [0, 0.1) is 12.7 Å². The topological polar surface area (TPSA) is 125 Å². The number of carbonyl (C=O) groups excluding carboxylic acids is 1. The van der Waals surface area contributed by atoms with Gasteiger partial charge in [0.05, 0.1) is 35.4 Å². The Morgan fingerprint density at radius 3 is 2.40 bits per heavy atom. The van der Waals surface area contributed by atoms with Crippen molar-refractivity contribution in [3.05, 3.63) is 80.0 Å². The highest BCUT2D eigenvalue weighted by atomic mass is 19.4. The predicted molar refractivity (Wildman–Crippen MR) is 180 cm³/mol. The lowest BCUT2D eigenvalue weighted by molar-refractivity contribution is -0.142. The molecule has 11 nitrogen and oxygen atoms in total. The van der Waals surface area contributed by atoms with Crippen molar-refractivity contribution >= 4 is 28.4 Å². The summed E-state index contributed by atoms with van der Waals surface area (Å²) in [6.07, 6.45) is -3.90. The molecule has 1 amide bonds. The van der Waals surface area contributed by atoms with Crippen LogP contribution >= 0.6 is 0 Å². The molecule has 0 radical (unpaired) electrons. The summed E-state index contributed by atoms with van der Waals surface area (Å²) >= 11 is 0. The van der Waals surface area contributed by atoms with Crippen LogP contribution in [-0.2, 0) is 10.9 Å². The summed E-state index contributed by atoms with van der Waals surface area (Å²) in [5.41, 5.74) is 1.09. The molecule has 1 aromatic carbocycles. The van der Waals surface area contributed by atoms with Crippen molar-refractivity contribution in [1.82, 2.24) is 19.0 Å². The second-order valence-corrected chi connectivity index (χ2v) is 13.9. The Bertz CT molecular complexity index is 2120. The summed E-state index contributed by atoms with van der Waals surface area (Å²) in [7, 11) is 0. The third kappa shape index (κ3) is 5.92. The number of nitrogen functional groups attached to an aromatic ring is 1. The smallest absolute Gasteiger partial charge is 0.431 e. The number of benzene rings is 1. The fourth-order valence-corrected chi connectivity index (χ4v) is 6.72. The normalized spacial score (nSPS) is 16.6. The molecule has 6 rings (SSSR count). The molecule has 4 aromatic rings. The number of fused-ring (bicyclic) bond motifs is 5. The highest BCUT2D eigenvalue weighted by molar-refractivity contribution is 5.97. The first-order chi connectivity index (χ1) is 23.4. The molecule has 2 aliphatic heterocycles. The van der Waals surface area contributed by atoms with Gasteiger partial charge in [0, 0.05) is 37.6 Å². The van der Waals surface area contributed by atoms with Crippen molar-refractivity contribution in [2.45, 2.75) is 71.7 Å². The lowest BCUT2D eigenvalue weighted by atomic mass is 10.0. The Morgan fingerprint density at radius 2 is 1.76 bits per heavy atom. The maximum absolute atomic E-state index is 15.4. The SMILES string of the molecule is Cc1ccnc(C(C)C)c1-n1c(=O)c2c(c3cc(C(F)(F)F)n(-c4c(N)cccc4F)c(=O)c31)N1CCN(C(=O)OC(C)(C)C)C[C@@H]1CCO2. The van der Waals surface area contributed by atoms with E-state index in [-0.39, 0.29) is 59.2 Å². The van der Waals surface area contributed by atoms with Crippen LogP contribution in [0.5, 0.6) is 5.75 Å². The molecule has 266 valence electrons. The van der Waals surface area contributed by atoms with Gasteiger partial charge in [0.1, 0.15) is 28.3 Å². The van der Waals surface area contributed by atoms with Gasteiger partial charge in [0.15, 0.2) is 0 Å². The first-order valence-electron chi connectivity index (χ1n) is 16.2. The van der Waals surface area contributed by atoms with E-state index in [1.807, 2.05) is 13.8 Å². The Kier molecular flexibility index (Phi) is 8.59. The molecule has 1 fully saturated rings. The fourth-order valence-electron chi connectivity index (χ4n) is 6.72. The average molecular weight is 699 g/mol. The van der Waals surface area contributed by atoms with E-state index in [1.165, 1.54) is 23.2 Å². The van der Waals surface area contributed by atoms with E-state index in [0.717, 1.165) is 16.7 Å². The van der Waals surface area contributed by atoms with Crippen molar-refractivity contribution in [2.24, 2.45) is 0 Å². The minimum atomic E-state index is -5.18. The van der Waals surface area contributed by atoms with Crippen LogP contribution < -0.4 is 26.5 Å². The molecule has 0 aliphatic carbocycles. The van der Waals surface area contributed by atoms with E-state index in [2.05, 4.69) is 4.98 Å². The molecule has 0 unspecified atom stereocenters. The molecule has 1 saturated heterocycles. The lowest BCUT2D eigenvalue weighted by Gasteiger charge is -2.42. The van der Waals surface area contributed by atoms with Crippen LogP contribution in [0.15, 0.2) is 46.1 Å². The number of piperazine rings is 1. The zero-order chi connectivity index (χ0) is 36.4. The van der Waals surface area contributed by atoms with E-state index in [0.29, 0.717) is 17.7 Å². The van der Waals surface area contributed by atoms with E-state index in [9.17, 15) is 14.4 Å². The third-order valence-corrected chi connectivity index (χ3v) is 8.85. The van der Waals surface area contributed by atoms with E-state index >= 15 is 17.6 Å². The van der Waals surface area contributed by atoms with Crippen LogP contribution in [-0.4, -0.2) is 63.0 Å². The Hall–Kier alpha value is -5.08. The second kappa shape index (κ2) is 12.4. The number of aryl methyl sites for hydroxylation is 1. The van der Waals surface area contributed by atoms with E-state index in [1.54, 1.807) is 38.7 Å². The number of anilines is 2. The second-order valence-electron chi connectivity index (χ2n) is 13.9. The summed E-state index contributed by atoms with van der Waals surface area (Å²) in [5, 5.41) is -0.237. The zero-order valence-electron chi connectivity index (χ0n) is 28.5. The van der Waals surface area contributed by atoms with Crippen LogP contribution in [0.1, 0.15) is 63.9 Å². The maximum atomic E-state index is 15.4. The molecular weight excluding hydrogens is 660 g/mol. The van der Waals surface area contributed by atoms with Gasteiger partial charge in [-0.2, -0.15) is 13.2 Å². The molecule has 15 heteroatoms. The van der Waals surface area contributed by atoms with Crippen molar-refractivity contribution in [2.75, 3.05) is 36.9 Å². The predicted octanol–water partition coefficient (Wildman–Crippen LogP) is 5.92. The summed E-state index contributed by atoms with van der Waals surface area (Å²) in [5.74, 6) is -1.70. The Balaban J connectivity index is 1.74. The van der Waals surface area contributed by atoms with Gasteiger partial charge in [-0.05, 0) is 63.4 Å². The number of alkyl halides is 3. The fraction of sp³-hybridized carbons (Fsp3) is 0.429. The number of pyridine rings is 3. The van der Waals surface area contributed by atoms with E-state index < -0.39 is 63.4 Å². The Morgan fingerprint density at radius 1 is 1.04 bits per heavy atom. The van der Waals surface area contributed by atoms with Crippen molar-refractivity contribution in [3.63, 3.8) is 0 Å². The summed E-state index contributed by atoms with van der Waals surface area (Å²) in [6, 6.07) is 5.15. The van der Waals surface area contributed by atoms with Gasteiger partial charge in [-0.3, -0.25) is 23.7 Å². The molecule has 0 bridgehead atoms. The molecule has 50 heavy (non-hydrogen) atoms. The number of para-hydroxylation sites is 1. The number of ether oxygens (including phenoxy) is 2. The highest BCUT2D eigenvalue weighted by Gasteiger charge is 2.42. The number of nitrogens with zero attached hydrogens (tertiary/aromatic N) is 5. The third-order valence-electron chi connectivity index (χ3n) is 8.85. The maximum Gasteiger partial charge on any atom is 0.431 e. The van der Waals surface area contributed by atoms with Crippen LogP contribution in [0.3, 0.4) is 0 Å². The molecule has 1 atom stereocenters.